The summed E-state index contributed by atoms with van der Waals surface area (Å²) in [4.78, 5) is 10.9. The molecule has 0 aliphatic heterocycles. The summed E-state index contributed by atoms with van der Waals surface area (Å²) in [5, 5.41) is 8.92. The van der Waals surface area contributed by atoms with Crippen LogP contribution >= 0.6 is 0 Å². The van der Waals surface area contributed by atoms with E-state index in [2.05, 4.69) is 0 Å². The van der Waals surface area contributed by atoms with Crippen LogP contribution in [0.2, 0.25) is 0 Å². The van der Waals surface area contributed by atoms with Crippen molar-refractivity contribution in [3.63, 3.8) is 0 Å². The number of ether oxygens (including phenoxy) is 2. The van der Waals surface area contributed by atoms with Gasteiger partial charge in [-0.25, -0.2) is 4.79 Å². The maximum Gasteiger partial charge on any atom is 0.335 e. The Morgan fingerprint density at radius 3 is 2.30 bits per heavy atom. The Morgan fingerprint density at radius 1 is 1.10 bits per heavy atom. The number of carboxylic acid groups (broad SMARTS) is 1. The van der Waals surface area contributed by atoms with Crippen LogP contribution in [0.1, 0.15) is 22.8 Å². The third-order valence-electron chi connectivity index (χ3n) is 2.78. The smallest absolute Gasteiger partial charge is 0.335 e. The molecule has 2 aromatic rings. The molecule has 0 atom stereocenters. The lowest BCUT2D eigenvalue weighted by molar-refractivity contribution is 0.0697. The highest BCUT2D eigenvalue weighted by molar-refractivity contribution is 5.88. The molecule has 0 spiro atoms. The van der Waals surface area contributed by atoms with E-state index < -0.39 is 5.97 Å². The fourth-order valence-electron chi connectivity index (χ4n) is 1.79. The molecular formula is C16H16O4. The summed E-state index contributed by atoms with van der Waals surface area (Å²) in [5.41, 5.74) is 1.03. The van der Waals surface area contributed by atoms with Crippen molar-refractivity contribution in [3.05, 3.63) is 53.6 Å². The Balaban J connectivity index is 2.15. The summed E-state index contributed by atoms with van der Waals surface area (Å²) in [6.07, 6.45) is 0. The molecule has 4 nitrogen and oxygen atoms in total. The largest absolute Gasteiger partial charge is 0.494 e. The van der Waals surface area contributed by atoms with Gasteiger partial charge in [0.05, 0.1) is 12.2 Å². The minimum Gasteiger partial charge on any atom is -0.494 e. The molecule has 2 rings (SSSR count). The molecule has 0 fully saturated rings. The van der Waals surface area contributed by atoms with Gasteiger partial charge in [0.2, 0.25) is 0 Å². The van der Waals surface area contributed by atoms with Crippen LogP contribution in [0.5, 0.6) is 17.2 Å². The highest BCUT2D eigenvalue weighted by Crippen LogP contribution is 2.27. The van der Waals surface area contributed by atoms with Gasteiger partial charge in [0.1, 0.15) is 17.2 Å². The number of rotatable bonds is 5. The SMILES string of the molecule is CCOc1ccc(Oc2ccc(C(=O)O)cc2C)cc1. The van der Waals surface area contributed by atoms with E-state index in [0.717, 1.165) is 11.3 Å². The molecule has 104 valence electrons. The van der Waals surface area contributed by atoms with Crippen LogP contribution in [0.15, 0.2) is 42.5 Å². The van der Waals surface area contributed by atoms with Crippen molar-refractivity contribution in [1.29, 1.82) is 0 Å². The van der Waals surface area contributed by atoms with E-state index in [1.54, 1.807) is 12.1 Å². The van der Waals surface area contributed by atoms with E-state index in [-0.39, 0.29) is 5.56 Å². The zero-order valence-electron chi connectivity index (χ0n) is 11.4. The van der Waals surface area contributed by atoms with Crippen molar-refractivity contribution in [3.8, 4) is 17.2 Å². The van der Waals surface area contributed by atoms with Crippen molar-refractivity contribution in [2.45, 2.75) is 13.8 Å². The van der Waals surface area contributed by atoms with Gasteiger partial charge >= 0.3 is 5.97 Å². The fraction of sp³-hybridized carbons (Fsp3) is 0.188. The number of carbonyl (C=O) groups is 1. The Kier molecular flexibility index (Phi) is 4.25. The second-order valence-electron chi connectivity index (χ2n) is 4.29. The molecule has 0 bridgehead atoms. The Bertz CT molecular complexity index is 602. The number of carboxylic acids is 1. The van der Waals surface area contributed by atoms with Crippen LogP contribution in [-0.2, 0) is 0 Å². The normalized spacial score (nSPS) is 10.1. The zero-order chi connectivity index (χ0) is 14.5. The van der Waals surface area contributed by atoms with Gasteiger partial charge in [-0.05, 0) is 61.9 Å². The Morgan fingerprint density at radius 2 is 1.75 bits per heavy atom. The number of benzene rings is 2. The minimum absolute atomic E-state index is 0.251. The molecule has 1 N–H and O–H groups in total. The highest BCUT2D eigenvalue weighted by atomic mass is 16.5. The van der Waals surface area contributed by atoms with E-state index in [4.69, 9.17) is 14.6 Å². The van der Waals surface area contributed by atoms with Gasteiger partial charge in [0.25, 0.3) is 0 Å². The van der Waals surface area contributed by atoms with Gasteiger partial charge < -0.3 is 14.6 Å². The Labute approximate surface area is 117 Å². The molecule has 0 radical (unpaired) electrons. The van der Waals surface area contributed by atoms with Crippen molar-refractivity contribution in [1.82, 2.24) is 0 Å². The second kappa shape index (κ2) is 6.10. The fourth-order valence-corrected chi connectivity index (χ4v) is 1.79. The monoisotopic (exact) mass is 272 g/mol. The molecule has 0 saturated carbocycles. The molecule has 20 heavy (non-hydrogen) atoms. The molecule has 0 aliphatic rings. The predicted molar refractivity (Wildman–Crippen MR) is 75.8 cm³/mol. The number of aryl methyl sites for hydroxylation is 1. The van der Waals surface area contributed by atoms with Gasteiger partial charge in [-0.15, -0.1) is 0 Å². The number of aromatic carboxylic acids is 1. The van der Waals surface area contributed by atoms with Gasteiger partial charge in [-0.2, -0.15) is 0 Å². The highest BCUT2D eigenvalue weighted by Gasteiger charge is 2.07. The zero-order valence-corrected chi connectivity index (χ0v) is 11.4. The van der Waals surface area contributed by atoms with Crippen LogP contribution in [-0.4, -0.2) is 17.7 Å². The summed E-state index contributed by atoms with van der Waals surface area (Å²) in [6.45, 7) is 4.37. The summed E-state index contributed by atoms with van der Waals surface area (Å²) >= 11 is 0. The summed E-state index contributed by atoms with van der Waals surface area (Å²) < 4.78 is 11.1. The van der Waals surface area contributed by atoms with Crippen LogP contribution in [0.4, 0.5) is 0 Å². The molecule has 0 aromatic heterocycles. The van der Waals surface area contributed by atoms with Crippen molar-refractivity contribution in [2.75, 3.05) is 6.61 Å². The molecule has 4 heteroatoms. The third kappa shape index (κ3) is 3.29. The summed E-state index contributed by atoms with van der Waals surface area (Å²) in [5.74, 6) is 1.16. The average Bonchev–Trinajstić information content (AvgIpc) is 2.43. The average molecular weight is 272 g/mol. The van der Waals surface area contributed by atoms with Crippen LogP contribution < -0.4 is 9.47 Å². The first-order valence-corrected chi connectivity index (χ1v) is 6.35. The topological polar surface area (TPSA) is 55.8 Å². The second-order valence-corrected chi connectivity index (χ2v) is 4.29. The van der Waals surface area contributed by atoms with Crippen molar-refractivity contribution in [2.24, 2.45) is 0 Å². The molecule has 2 aromatic carbocycles. The molecule has 0 saturated heterocycles. The summed E-state index contributed by atoms with van der Waals surface area (Å²) in [7, 11) is 0. The van der Waals surface area contributed by atoms with Gasteiger partial charge in [0.15, 0.2) is 0 Å². The maximum absolute atomic E-state index is 10.9. The first-order valence-electron chi connectivity index (χ1n) is 6.35. The van der Waals surface area contributed by atoms with E-state index in [1.807, 2.05) is 38.1 Å². The first kappa shape index (κ1) is 13.9. The van der Waals surface area contributed by atoms with Gasteiger partial charge in [-0.1, -0.05) is 0 Å². The number of hydrogen-bond acceptors (Lipinski definition) is 3. The maximum atomic E-state index is 10.9. The molecule has 0 unspecified atom stereocenters. The minimum atomic E-state index is -0.944. The first-order chi connectivity index (χ1) is 9.60. The van der Waals surface area contributed by atoms with Crippen molar-refractivity contribution >= 4 is 5.97 Å². The number of hydrogen-bond donors (Lipinski definition) is 1. The lowest BCUT2D eigenvalue weighted by Crippen LogP contribution is -1.97. The Hall–Kier alpha value is -2.49. The lowest BCUT2D eigenvalue weighted by Gasteiger charge is -2.10. The summed E-state index contributed by atoms with van der Waals surface area (Å²) in [6, 6.07) is 12.1. The third-order valence-corrected chi connectivity index (χ3v) is 2.78. The molecular weight excluding hydrogens is 256 g/mol. The molecule has 0 heterocycles. The standard InChI is InChI=1S/C16H16O4/c1-3-19-13-5-7-14(8-6-13)20-15-9-4-12(16(17)18)10-11(15)2/h4-10H,3H2,1-2H3,(H,17,18). The van der Waals surface area contributed by atoms with E-state index in [1.165, 1.54) is 6.07 Å². The van der Waals surface area contributed by atoms with Crippen LogP contribution in [0, 0.1) is 6.92 Å². The molecule has 0 amide bonds. The quantitative estimate of drug-likeness (QED) is 0.897. The van der Waals surface area contributed by atoms with E-state index in [9.17, 15) is 4.79 Å². The molecule has 0 aliphatic carbocycles. The van der Waals surface area contributed by atoms with Crippen LogP contribution in [0.3, 0.4) is 0 Å². The van der Waals surface area contributed by atoms with Crippen molar-refractivity contribution < 1.29 is 19.4 Å². The van der Waals surface area contributed by atoms with Crippen LogP contribution in [0.25, 0.3) is 0 Å². The lowest BCUT2D eigenvalue weighted by atomic mass is 10.1. The predicted octanol–water partition coefficient (Wildman–Crippen LogP) is 3.88. The van der Waals surface area contributed by atoms with E-state index in [0.29, 0.717) is 18.1 Å². The van der Waals surface area contributed by atoms with Gasteiger partial charge in [0, 0.05) is 0 Å². The van der Waals surface area contributed by atoms with Gasteiger partial charge in [-0.3, -0.25) is 0 Å². The van der Waals surface area contributed by atoms with E-state index >= 15 is 0 Å².